The third kappa shape index (κ3) is 4.18. The van der Waals surface area contributed by atoms with Gasteiger partial charge in [-0.25, -0.2) is 13.1 Å². The van der Waals surface area contributed by atoms with Crippen LogP contribution in [0.25, 0.3) is 0 Å². The molecule has 1 heterocycles. The van der Waals surface area contributed by atoms with Gasteiger partial charge in [-0.3, -0.25) is 4.79 Å². The van der Waals surface area contributed by atoms with Crippen molar-refractivity contribution in [2.45, 2.75) is 24.2 Å². The molecule has 0 radical (unpaired) electrons. The average molecular weight is 360 g/mol. The first kappa shape index (κ1) is 17.4. The molecule has 0 unspecified atom stereocenters. The number of hydrogen-bond donors (Lipinski definition) is 2. The Labute approximate surface area is 147 Å². The van der Waals surface area contributed by atoms with Crippen molar-refractivity contribution in [2.24, 2.45) is 0 Å². The van der Waals surface area contributed by atoms with Crippen LogP contribution in [0.2, 0.25) is 0 Å². The van der Waals surface area contributed by atoms with E-state index in [1.54, 1.807) is 6.07 Å². The van der Waals surface area contributed by atoms with Crippen molar-refractivity contribution < 1.29 is 17.9 Å². The number of sulfonamides is 1. The first-order valence-corrected chi connectivity index (χ1v) is 9.55. The molecule has 0 fully saturated rings. The van der Waals surface area contributed by atoms with Crippen molar-refractivity contribution in [3.8, 4) is 5.75 Å². The highest BCUT2D eigenvalue weighted by molar-refractivity contribution is 7.89. The Hall–Kier alpha value is -2.38. The third-order valence-electron chi connectivity index (χ3n) is 4.13. The highest BCUT2D eigenvalue weighted by atomic mass is 32.2. The van der Waals surface area contributed by atoms with Gasteiger partial charge in [-0.15, -0.1) is 0 Å². The largest absolute Gasteiger partial charge is 0.482 e. The van der Waals surface area contributed by atoms with Gasteiger partial charge in [-0.2, -0.15) is 0 Å². The number of fused-ring (bicyclic) bond motifs is 1. The fourth-order valence-corrected chi connectivity index (χ4v) is 3.74. The Morgan fingerprint density at radius 2 is 1.96 bits per heavy atom. The Balaban J connectivity index is 1.64. The van der Waals surface area contributed by atoms with Gasteiger partial charge in [0.05, 0.1) is 10.6 Å². The van der Waals surface area contributed by atoms with Gasteiger partial charge in [0.25, 0.3) is 5.91 Å². The van der Waals surface area contributed by atoms with Gasteiger partial charge < -0.3 is 10.1 Å². The minimum atomic E-state index is -3.65. The first-order chi connectivity index (χ1) is 12.0. The zero-order valence-electron chi connectivity index (χ0n) is 13.9. The van der Waals surface area contributed by atoms with E-state index in [9.17, 15) is 13.2 Å². The third-order valence-corrected chi connectivity index (χ3v) is 5.59. The van der Waals surface area contributed by atoms with Crippen LogP contribution in [0.3, 0.4) is 0 Å². The molecule has 0 aromatic heterocycles. The van der Waals surface area contributed by atoms with E-state index in [1.165, 1.54) is 17.7 Å². The Morgan fingerprint density at radius 3 is 2.72 bits per heavy atom. The minimum Gasteiger partial charge on any atom is -0.482 e. The minimum absolute atomic E-state index is 0.0608. The molecule has 7 heteroatoms. The monoisotopic (exact) mass is 360 g/mol. The van der Waals surface area contributed by atoms with E-state index in [2.05, 4.69) is 17.0 Å². The number of ether oxygens (including phenoxy) is 1. The molecule has 0 aliphatic carbocycles. The summed E-state index contributed by atoms with van der Waals surface area (Å²) in [7, 11) is -3.65. The maximum Gasteiger partial charge on any atom is 0.262 e. The van der Waals surface area contributed by atoms with Gasteiger partial charge in [0.1, 0.15) is 5.75 Å². The summed E-state index contributed by atoms with van der Waals surface area (Å²) in [4.78, 5) is 11.5. The van der Waals surface area contributed by atoms with Crippen LogP contribution >= 0.6 is 0 Å². The summed E-state index contributed by atoms with van der Waals surface area (Å²) in [6.45, 7) is 2.34. The lowest BCUT2D eigenvalue weighted by Gasteiger charge is -2.18. The van der Waals surface area contributed by atoms with Crippen LogP contribution in [0.4, 0.5) is 5.69 Å². The van der Waals surface area contributed by atoms with Crippen molar-refractivity contribution in [3.05, 3.63) is 54.1 Å². The number of nitrogens with one attached hydrogen (secondary N) is 2. The molecule has 1 aliphatic heterocycles. The lowest BCUT2D eigenvalue weighted by atomic mass is 9.98. The molecule has 1 amide bonds. The number of rotatable bonds is 6. The molecule has 25 heavy (non-hydrogen) atoms. The van der Waals surface area contributed by atoms with Crippen LogP contribution in [-0.2, 0) is 14.8 Å². The van der Waals surface area contributed by atoms with E-state index in [4.69, 9.17) is 4.74 Å². The number of anilines is 1. The standard InChI is InChI=1S/C18H20N2O4S/c1-13(14-5-3-2-4-6-14)9-10-19-25(22,23)15-7-8-17-16(11-15)20-18(21)12-24-17/h2-8,11,13,19H,9-10,12H2,1H3,(H,20,21)/t13-/m1/s1. The van der Waals surface area contributed by atoms with Gasteiger partial charge >= 0.3 is 0 Å². The summed E-state index contributed by atoms with van der Waals surface area (Å²) < 4.78 is 32.8. The smallest absolute Gasteiger partial charge is 0.262 e. The van der Waals surface area contributed by atoms with Gasteiger partial charge in [-0.1, -0.05) is 37.3 Å². The van der Waals surface area contributed by atoms with E-state index >= 15 is 0 Å². The second kappa shape index (κ2) is 7.25. The van der Waals surface area contributed by atoms with Gasteiger partial charge in [0.2, 0.25) is 10.0 Å². The second-order valence-electron chi connectivity index (χ2n) is 5.99. The van der Waals surface area contributed by atoms with E-state index in [0.29, 0.717) is 24.4 Å². The molecule has 0 saturated heterocycles. The highest BCUT2D eigenvalue weighted by Crippen LogP contribution is 2.30. The molecule has 0 saturated carbocycles. The van der Waals surface area contributed by atoms with Gasteiger partial charge in [0.15, 0.2) is 6.61 Å². The quantitative estimate of drug-likeness (QED) is 0.829. The van der Waals surface area contributed by atoms with Gasteiger partial charge in [-0.05, 0) is 36.1 Å². The van der Waals surface area contributed by atoms with Crippen LogP contribution in [0.15, 0.2) is 53.4 Å². The molecular formula is C18H20N2O4S. The molecule has 2 aromatic carbocycles. The molecule has 2 aromatic rings. The van der Waals surface area contributed by atoms with Crippen LogP contribution in [0.1, 0.15) is 24.8 Å². The number of amides is 1. The maximum atomic E-state index is 12.5. The van der Waals surface area contributed by atoms with Gasteiger partial charge in [0, 0.05) is 6.54 Å². The van der Waals surface area contributed by atoms with Crippen LogP contribution in [0, 0.1) is 0 Å². The fraction of sp³-hybridized carbons (Fsp3) is 0.278. The number of carbonyl (C=O) groups is 1. The summed E-state index contributed by atoms with van der Waals surface area (Å²) in [6.07, 6.45) is 0.689. The zero-order chi connectivity index (χ0) is 17.9. The molecule has 6 nitrogen and oxygen atoms in total. The van der Waals surface area contributed by atoms with Crippen molar-refractivity contribution in [1.29, 1.82) is 0 Å². The molecule has 1 aliphatic rings. The molecule has 0 bridgehead atoms. The molecule has 2 N–H and O–H groups in total. The second-order valence-corrected chi connectivity index (χ2v) is 7.76. The van der Waals surface area contributed by atoms with E-state index in [-0.39, 0.29) is 23.3 Å². The van der Waals surface area contributed by atoms with Crippen LogP contribution in [-0.4, -0.2) is 27.5 Å². The van der Waals surface area contributed by atoms with E-state index in [1.807, 2.05) is 30.3 Å². The topological polar surface area (TPSA) is 84.5 Å². The lowest BCUT2D eigenvalue weighted by Crippen LogP contribution is -2.27. The number of benzene rings is 2. The lowest BCUT2D eigenvalue weighted by molar-refractivity contribution is -0.118. The Bertz CT molecular complexity index is 866. The van der Waals surface area contributed by atoms with Crippen molar-refractivity contribution in [3.63, 3.8) is 0 Å². The summed E-state index contributed by atoms with van der Waals surface area (Å²) in [5.41, 5.74) is 1.55. The average Bonchev–Trinajstić information content (AvgIpc) is 2.61. The predicted molar refractivity (Wildman–Crippen MR) is 95.2 cm³/mol. The first-order valence-electron chi connectivity index (χ1n) is 8.07. The SMILES string of the molecule is C[C@H](CCNS(=O)(=O)c1ccc2c(c1)NC(=O)CO2)c1ccccc1. The zero-order valence-corrected chi connectivity index (χ0v) is 14.7. The molecule has 1 atom stereocenters. The summed E-state index contributed by atoms with van der Waals surface area (Å²) in [5.74, 6) is 0.420. The fourth-order valence-electron chi connectivity index (χ4n) is 2.67. The van der Waals surface area contributed by atoms with Crippen molar-refractivity contribution in [2.75, 3.05) is 18.5 Å². The summed E-state index contributed by atoms with van der Waals surface area (Å²) in [6, 6.07) is 14.4. The van der Waals surface area contributed by atoms with E-state index in [0.717, 1.165) is 0 Å². The summed E-state index contributed by atoms with van der Waals surface area (Å²) >= 11 is 0. The molecule has 0 spiro atoms. The van der Waals surface area contributed by atoms with Crippen molar-refractivity contribution in [1.82, 2.24) is 4.72 Å². The summed E-state index contributed by atoms with van der Waals surface area (Å²) in [5, 5.41) is 2.61. The highest BCUT2D eigenvalue weighted by Gasteiger charge is 2.20. The number of hydrogen-bond acceptors (Lipinski definition) is 4. The van der Waals surface area contributed by atoms with Crippen LogP contribution < -0.4 is 14.8 Å². The Kier molecular flexibility index (Phi) is 5.06. The molecular weight excluding hydrogens is 340 g/mol. The Morgan fingerprint density at radius 1 is 1.20 bits per heavy atom. The normalized spacial score (nSPS) is 15.0. The number of carbonyl (C=O) groups excluding carboxylic acids is 1. The van der Waals surface area contributed by atoms with Crippen molar-refractivity contribution >= 4 is 21.6 Å². The van der Waals surface area contributed by atoms with E-state index < -0.39 is 10.0 Å². The molecule has 132 valence electrons. The van der Waals surface area contributed by atoms with Crippen LogP contribution in [0.5, 0.6) is 5.75 Å². The predicted octanol–water partition coefficient (Wildman–Crippen LogP) is 2.49. The maximum absolute atomic E-state index is 12.5. The molecule has 3 rings (SSSR count).